The van der Waals surface area contributed by atoms with Gasteiger partial charge < -0.3 is 25.2 Å². The van der Waals surface area contributed by atoms with Gasteiger partial charge in [-0.1, -0.05) is 32.0 Å². The number of pyridine rings is 1. The van der Waals surface area contributed by atoms with Gasteiger partial charge in [0.2, 0.25) is 11.8 Å². The second-order valence-corrected chi connectivity index (χ2v) is 13.7. The van der Waals surface area contributed by atoms with E-state index < -0.39 is 12.1 Å². The van der Waals surface area contributed by atoms with E-state index in [0.717, 1.165) is 53.3 Å². The van der Waals surface area contributed by atoms with Gasteiger partial charge >= 0.3 is 0 Å². The minimum absolute atomic E-state index is 0.0195. The average molecular weight is 591 g/mol. The monoisotopic (exact) mass is 590 g/mol. The van der Waals surface area contributed by atoms with E-state index >= 15 is 0 Å². The standard InChI is InChI=1S/C33H42N4O4S/c1-4-40-20-29(39)37-26(14-21-7-5-8-22(13-21)31-34-11-12-42-31)28(38)19-35-27-17-33(9-6-10-33)41-30-24(27)15-23(18-36-30)25-16-32(25,2)3/h5,7-8,11-13,15,18,25-28,35,38H,4,6,9-10,14,16-17,19-20H2,1-3H3,(H,37,39)/t25-,26-,27-,28+/m0/s1. The van der Waals surface area contributed by atoms with Crippen molar-refractivity contribution in [2.45, 2.75) is 89.0 Å². The summed E-state index contributed by atoms with van der Waals surface area (Å²) in [6.07, 6.45) is 8.68. The maximum Gasteiger partial charge on any atom is 0.246 e. The maximum absolute atomic E-state index is 12.7. The summed E-state index contributed by atoms with van der Waals surface area (Å²) in [5.41, 5.74) is 4.53. The predicted molar refractivity (Wildman–Crippen MR) is 164 cm³/mol. The Kier molecular flexibility index (Phi) is 8.37. The van der Waals surface area contributed by atoms with Crippen molar-refractivity contribution in [3.8, 4) is 16.5 Å². The molecule has 9 heteroatoms. The third-order valence-electron chi connectivity index (χ3n) is 9.23. The van der Waals surface area contributed by atoms with Crippen molar-refractivity contribution < 1.29 is 19.4 Å². The van der Waals surface area contributed by atoms with Crippen LogP contribution in [0.25, 0.3) is 10.6 Å². The van der Waals surface area contributed by atoms with Crippen LogP contribution in [-0.4, -0.2) is 58.5 Å². The molecule has 0 bridgehead atoms. The largest absolute Gasteiger partial charge is 0.471 e. The first kappa shape index (κ1) is 29.2. The number of aliphatic hydroxyl groups is 1. The fourth-order valence-corrected chi connectivity index (χ4v) is 7.05. The Bertz CT molecular complexity index is 1390. The number of nitrogens with zero attached hydrogens (tertiary/aromatic N) is 2. The Labute approximate surface area is 252 Å². The van der Waals surface area contributed by atoms with Gasteiger partial charge in [-0.2, -0.15) is 0 Å². The Balaban J connectivity index is 1.19. The summed E-state index contributed by atoms with van der Waals surface area (Å²) in [5, 5.41) is 21.1. The summed E-state index contributed by atoms with van der Waals surface area (Å²) < 4.78 is 11.8. The zero-order valence-electron chi connectivity index (χ0n) is 24.8. The molecule has 6 rings (SSSR count). The molecule has 1 aliphatic heterocycles. The Morgan fingerprint density at radius 2 is 2.07 bits per heavy atom. The molecule has 1 aromatic carbocycles. The van der Waals surface area contributed by atoms with E-state index in [1.165, 1.54) is 12.0 Å². The molecule has 1 spiro atoms. The highest BCUT2D eigenvalue weighted by Crippen LogP contribution is 2.59. The van der Waals surface area contributed by atoms with Crippen molar-refractivity contribution in [2.24, 2.45) is 5.41 Å². The van der Waals surface area contributed by atoms with Crippen LogP contribution in [0.15, 0.2) is 48.1 Å². The number of ether oxygens (including phenoxy) is 2. The quantitative estimate of drug-likeness (QED) is 0.267. The van der Waals surface area contributed by atoms with Crippen LogP contribution in [0.4, 0.5) is 0 Å². The smallest absolute Gasteiger partial charge is 0.246 e. The molecule has 3 heterocycles. The molecule has 0 radical (unpaired) electrons. The SMILES string of the molecule is CCOCC(=O)N[C@@H](Cc1cccc(-c2nccs2)c1)[C@H](O)CN[C@H]1CC2(CCC2)Oc2ncc([C@@H]3CC3(C)C)cc21. The van der Waals surface area contributed by atoms with Crippen molar-refractivity contribution in [2.75, 3.05) is 19.8 Å². The molecule has 4 atom stereocenters. The fourth-order valence-electron chi connectivity index (χ4n) is 6.42. The number of aliphatic hydroxyl groups excluding tert-OH is 1. The predicted octanol–water partition coefficient (Wildman–Crippen LogP) is 5.18. The Morgan fingerprint density at radius 1 is 1.24 bits per heavy atom. The number of rotatable bonds is 12. The number of carbonyl (C=O) groups is 1. The fraction of sp³-hybridized carbons (Fsp3) is 0.545. The summed E-state index contributed by atoms with van der Waals surface area (Å²) in [7, 11) is 0. The van der Waals surface area contributed by atoms with Gasteiger partial charge in [0.15, 0.2) is 0 Å². The Hall–Kier alpha value is -2.85. The van der Waals surface area contributed by atoms with Crippen molar-refractivity contribution in [1.29, 1.82) is 0 Å². The molecular formula is C33H42N4O4S. The molecule has 0 unspecified atom stereocenters. The average Bonchev–Trinajstić information content (AvgIpc) is 3.32. The van der Waals surface area contributed by atoms with Crippen LogP contribution in [0.1, 0.15) is 81.5 Å². The number of amides is 1. The lowest BCUT2D eigenvalue weighted by molar-refractivity contribution is -0.127. The normalized spacial score (nSPS) is 22.9. The van der Waals surface area contributed by atoms with Crippen LogP contribution in [0.3, 0.4) is 0 Å². The van der Waals surface area contributed by atoms with Crippen LogP contribution in [-0.2, 0) is 16.0 Å². The van der Waals surface area contributed by atoms with Gasteiger partial charge in [0, 0.05) is 54.5 Å². The van der Waals surface area contributed by atoms with Gasteiger partial charge in [0.1, 0.15) is 17.2 Å². The molecule has 3 N–H and O–H groups in total. The highest BCUT2D eigenvalue weighted by molar-refractivity contribution is 7.13. The van der Waals surface area contributed by atoms with Crippen molar-refractivity contribution >= 4 is 17.2 Å². The van der Waals surface area contributed by atoms with Crippen LogP contribution in [0.5, 0.6) is 5.88 Å². The van der Waals surface area contributed by atoms with Crippen LogP contribution in [0, 0.1) is 5.41 Å². The number of hydrogen-bond donors (Lipinski definition) is 3. The number of hydrogen-bond acceptors (Lipinski definition) is 8. The van der Waals surface area contributed by atoms with Crippen molar-refractivity contribution in [3.05, 3.63) is 64.8 Å². The molecule has 1 amide bonds. The van der Waals surface area contributed by atoms with E-state index in [-0.39, 0.29) is 24.2 Å². The third-order valence-corrected chi connectivity index (χ3v) is 10.1. The van der Waals surface area contributed by atoms with Gasteiger partial charge in [-0.15, -0.1) is 11.3 Å². The van der Waals surface area contributed by atoms with E-state index in [9.17, 15) is 9.90 Å². The molecule has 42 heavy (non-hydrogen) atoms. The van der Waals surface area contributed by atoms with E-state index in [1.807, 2.05) is 36.7 Å². The minimum atomic E-state index is -0.818. The number of nitrogens with one attached hydrogen (secondary N) is 2. The number of fused-ring (bicyclic) bond motifs is 1. The number of benzene rings is 1. The molecule has 0 saturated heterocycles. The molecular weight excluding hydrogens is 548 g/mol. The lowest BCUT2D eigenvalue weighted by atomic mass is 9.73. The summed E-state index contributed by atoms with van der Waals surface area (Å²) in [6, 6.07) is 9.94. The van der Waals surface area contributed by atoms with Gasteiger partial charge in [-0.3, -0.25) is 4.79 Å². The zero-order chi connectivity index (χ0) is 29.3. The molecule has 3 aromatic rings. The summed E-state index contributed by atoms with van der Waals surface area (Å²) in [5.74, 6) is 1.00. The van der Waals surface area contributed by atoms with Crippen molar-refractivity contribution in [3.63, 3.8) is 0 Å². The lowest BCUT2D eigenvalue weighted by Gasteiger charge is -2.47. The van der Waals surface area contributed by atoms with Crippen LogP contribution >= 0.6 is 11.3 Å². The highest BCUT2D eigenvalue weighted by Gasteiger charge is 2.49. The van der Waals surface area contributed by atoms with E-state index in [4.69, 9.17) is 14.5 Å². The Morgan fingerprint density at radius 3 is 2.76 bits per heavy atom. The van der Waals surface area contributed by atoms with E-state index in [1.54, 1.807) is 17.5 Å². The zero-order valence-corrected chi connectivity index (χ0v) is 25.6. The molecule has 2 aliphatic carbocycles. The van der Waals surface area contributed by atoms with E-state index in [2.05, 4.69) is 41.6 Å². The van der Waals surface area contributed by atoms with Crippen LogP contribution < -0.4 is 15.4 Å². The molecule has 8 nitrogen and oxygen atoms in total. The number of thiazole rings is 1. The van der Waals surface area contributed by atoms with Gasteiger partial charge in [-0.05, 0) is 73.6 Å². The topological polar surface area (TPSA) is 106 Å². The first-order valence-electron chi connectivity index (χ1n) is 15.2. The van der Waals surface area contributed by atoms with Gasteiger partial charge in [-0.25, -0.2) is 9.97 Å². The lowest BCUT2D eigenvalue weighted by Crippen LogP contribution is -2.52. The second-order valence-electron chi connectivity index (χ2n) is 12.8. The number of carbonyl (C=O) groups excluding carboxylic acids is 1. The van der Waals surface area contributed by atoms with Crippen LogP contribution in [0.2, 0.25) is 0 Å². The molecule has 2 aromatic heterocycles. The third kappa shape index (κ3) is 6.39. The molecule has 2 saturated carbocycles. The van der Waals surface area contributed by atoms with Gasteiger partial charge in [0.25, 0.3) is 0 Å². The summed E-state index contributed by atoms with van der Waals surface area (Å²) in [4.78, 5) is 21.9. The molecule has 224 valence electrons. The maximum atomic E-state index is 12.7. The minimum Gasteiger partial charge on any atom is -0.471 e. The molecule has 2 fully saturated rings. The first-order valence-corrected chi connectivity index (χ1v) is 16.1. The summed E-state index contributed by atoms with van der Waals surface area (Å²) >= 11 is 1.59. The van der Waals surface area contributed by atoms with Crippen molar-refractivity contribution in [1.82, 2.24) is 20.6 Å². The van der Waals surface area contributed by atoms with E-state index in [0.29, 0.717) is 30.9 Å². The second kappa shape index (κ2) is 12.0. The highest BCUT2D eigenvalue weighted by atomic mass is 32.1. The molecule has 3 aliphatic rings. The van der Waals surface area contributed by atoms with Gasteiger partial charge in [0.05, 0.1) is 12.1 Å². The summed E-state index contributed by atoms with van der Waals surface area (Å²) in [6.45, 7) is 7.21. The first-order chi connectivity index (χ1) is 20.2. The number of aromatic nitrogens is 2.